The lowest BCUT2D eigenvalue weighted by Crippen LogP contribution is -2.18. The minimum atomic E-state index is 0.719. The Bertz CT molecular complexity index is 681. The lowest BCUT2D eigenvalue weighted by molar-refractivity contribution is 0.331. The Kier molecular flexibility index (Phi) is 5.42. The molecule has 2 aromatic carbocycles. The first-order chi connectivity index (χ1) is 11.3. The zero-order chi connectivity index (χ0) is 15.9. The standard InChI is InChI=1S/C20H23N3/c21-13-17-5-3-6-18(11-17)14-22-15-19-7-4-8-20(12-19)16-23-9-1-2-10-23/h3-8,11-12,22H,1-2,9-10,14-16H2. The van der Waals surface area contributed by atoms with Crippen molar-refractivity contribution >= 4 is 0 Å². The second kappa shape index (κ2) is 7.92. The van der Waals surface area contributed by atoms with Crippen molar-refractivity contribution in [2.45, 2.75) is 32.5 Å². The third-order valence-corrected chi connectivity index (χ3v) is 4.31. The van der Waals surface area contributed by atoms with E-state index >= 15 is 0 Å². The predicted octanol–water partition coefficient (Wildman–Crippen LogP) is 3.44. The van der Waals surface area contributed by atoms with E-state index in [0.717, 1.165) is 30.8 Å². The second-order valence-corrected chi connectivity index (χ2v) is 6.22. The summed E-state index contributed by atoms with van der Waals surface area (Å²) >= 11 is 0. The maximum absolute atomic E-state index is 8.94. The molecule has 0 amide bonds. The van der Waals surface area contributed by atoms with Gasteiger partial charge in [-0.3, -0.25) is 4.90 Å². The van der Waals surface area contributed by atoms with Crippen molar-refractivity contribution in [2.75, 3.05) is 13.1 Å². The molecule has 3 heteroatoms. The average Bonchev–Trinajstić information content (AvgIpc) is 3.08. The Hall–Kier alpha value is -2.15. The van der Waals surface area contributed by atoms with E-state index < -0.39 is 0 Å². The van der Waals surface area contributed by atoms with Gasteiger partial charge in [-0.1, -0.05) is 36.4 Å². The van der Waals surface area contributed by atoms with Gasteiger partial charge < -0.3 is 5.32 Å². The van der Waals surface area contributed by atoms with Gasteiger partial charge in [-0.2, -0.15) is 5.26 Å². The molecule has 2 aromatic rings. The maximum Gasteiger partial charge on any atom is 0.0991 e. The fraction of sp³-hybridized carbons (Fsp3) is 0.350. The highest BCUT2D eigenvalue weighted by Gasteiger charge is 2.11. The molecule has 1 N–H and O–H groups in total. The third-order valence-electron chi connectivity index (χ3n) is 4.31. The molecule has 1 saturated heterocycles. The summed E-state index contributed by atoms with van der Waals surface area (Å²) in [4.78, 5) is 2.53. The molecule has 0 unspecified atom stereocenters. The molecular weight excluding hydrogens is 282 g/mol. The molecule has 23 heavy (non-hydrogen) atoms. The third kappa shape index (κ3) is 4.66. The summed E-state index contributed by atoms with van der Waals surface area (Å²) in [6.45, 7) is 5.17. The van der Waals surface area contributed by atoms with Crippen LogP contribution in [0.2, 0.25) is 0 Å². The van der Waals surface area contributed by atoms with Crippen LogP contribution in [-0.4, -0.2) is 18.0 Å². The molecule has 118 valence electrons. The van der Waals surface area contributed by atoms with Gasteiger partial charge in [-0.15, -0.1) is 0 Å². The topological polar surface area (TPSA) is 39.1 Å². The van der Waals surface area contributed by atoms with Gasteiger partial charge in [0.05, 0.1) is 11.6 Å². The molecule has 1 aliphatic rings. The van der Waals surface area contributed by atoms with Crippen LogP contribution in [0.3, 0.4) is 0 Å². The molecule has 0 atom stereocenters. The number of benzene rings is 2. The van der Waals surface area contributed by atoms with E-state index in [4.69, 9.17) is 5.26 Å². The van der Waals surface area contributed by atoms with Gasteiger partial charge in [0.25, 0.3) is 0 Å². The van der Waals surface area contributed by atoms with Crippen molar-refractivity contribution in [2.24, 2.45) is 0 Å². The second-order valence-electron chi connectivity index (χ2n) is 6.22. The first-order valence-electron chi connectivity index (χ1n) is 8.33. The summed E-state index contributed by atoms with van der Waals surface area (Å²) in [5.74, 6) is 0. The fourth-order valence-electron chi connectivity index (χ4n) is 3.14. The zero-order valence-corrected chi connectivity index (χ0v) is 13.5. The molecule has 3 rings (SSSR count). The van der Waals surface area contributed by atoms with Gasteiger partial charge in [0.2, 0.25) is 0 Å². The Morgan fingerprint density at radius 1 is 0.913 bits per heavy atom. The molecule has 0 bridgehead atoms. The summed E-state index contributed by atoms with van der Waals surface area (Å²) < 4.78 is 0. The Morgan fingerprint density at radius 2 is 1.57 bits per heavy atom. The van der Waals surface area contributed by atoms with Crippen molar-refractivity contribution in [1.29, 1.82) is 5.26 Å². The highest BCUT2D eigenvalue weighted by atomic mass is 15.1. The number of hydrogen-bond donors (Lipinski definition) is 1. The van der Waals surface area contributed by atoms with Gasteiger partial charge in [-0.05, 0) is 54.8 Å². The molecule has 1 heterocycles. The van der Waals surface area contributed by atoms with E-state index in [2.05, 4.69) is 46.6 Å². The van der Waals surface area contributed by atoms with Crippen LogP contribution in [0, 0.1) is 11.3 Å². The summed E-state index contributed by atoms with van der Waals surface area (Å²) in [5.41, 5.74) is 4.59. The average molecular weight is 305 g/mol. The van der Waals surface area contributed by atoms with Gasteiger partial charge in [0.15, 0.2) is 0 Å². The van der Waals surface area contributed by atoms with Gasteiger partial charge in [0, 0.05) is 19.6 Å². The molecule has 0 saturated carbocycles. The molecule has 0 aromatic heterocycles. The Morgan fingerprint density at radius 3 is 2.30 bits per heavy atom. The SMILES string of the molecule is N#Cc1cccc(CNCc2cccc(CN3CCCC3)c2)c1. The van der Waals surface area contributed by atoms with E-state index in [-0.39, 0.29) is 0 Å². The van der Waals surface area contributed by atoms with Crippen LogP contribution < -0.4 is 5.32 Å². The zero-order valence-electron chi connectivity index (χ0n) is 13.5. The number of nitrogens with zero attached hydrogens (tertiary/aromatic N) is 2. The van der Waals surface area contributed by atoms with Gasteiger partial charge in [-0.25, -0.2) is 0 Å². The van der Waals surface area contributed by atoms with Crippen LogP contribution >= 0.6 is 0 Å². The molecule has 1 aliphatic heterocycles. The number of likely N-dealkylation sites (tertiary alicyclic amines) is 1. The van der Waals surface area contributed by atoms with Gasteiger partial charge >= 0.3 is 0 Å². The lowest BCUT2D eigenvalue weighted by atomic mass is 10.1. The van der Waals surface area contributed by atoms with Crippen LogP contribution in [-0.2, 0) is 19.6 Å². The quantitative estimate of drug-likeness (QED) is 0.888. The Balaban J connectivity index is 1.52. The smallest absolute Gasteiger partial charge is 0.0991 e. The van der Waals surface area contributed by atoms with Crippen LogP contribution in [0.25, 0.3) is 0 Å². The summed E-state index contributed by atoms with van der Waals surface area (Å²) in [6.07, 6.45) is 2.67. The lowest BCUT2D eigenvalue weighted by Gasteiger charge is -2.15. The number of nitriles is 1. The number of nitrogens with one attached hydrogen (secondary N) is 1. The van der Waals surface area contributed by atoms with Crippen LogP contribution in [0.5, 0.6) is 0 Å². The molecule has 0 spiro atoms. The van der Waals surface area contributed by atoms with E-state index in [1.165, 1.54) is 37.1 Å². The molecule has 0 aliphatic carbocycles. The summed E-state index contributed by atoms with van der Waals surface area (Å²) in [7, 11) is 0. The van der Waals surface area contributed by atoms with Gasteiger partial charge in [0.1, 0.15) is 0 Å². The Labute approximate surface area is 138 Å². The number of rotatable bonds is 6. The van der Waals surface area contributed by atoms with Crippen LogP contribution in [0.15, 0.2) is 48.5 Å². The van der Waals surface area contributed by atoms with E-state index in [9.17, 15) is 0 Å². The first kappa shape index (κ1) is 15.7. The molecule has 1 fully saturated rings. The summed E-state index contributed by atoms with van der Waals surface area (Å²) in [6, 6.07) is 18.8. The number of hydrogen-bond acceptors (Lipinski definition) is 3. The van der Waals surface area contributed by atoms with E-state index in [1.807, 2.05) is 18.2 Å². The highest BCUT2D eigenvalue weighted by Crippen LogP contribution is 2.14. The van der Waals surface area contributed by atoms with E-state index in [0.29, 0.717) is 0 Å². The van der Waals surface area contributed by atoms with Crippen molar-refractivity contribution in [1.82, 2.24) is 10.2 Å². The monoisotopic (exact) mass is 305 g/mol. The predicted molar refractivity (Wildman–Crippen MR) is 92.7 cm³/mol. The fourth-order valence-corrected chi connectivity index (χ4v) is 3.14. The summed E-state index contributed by atoms with van der Waals surface area (Å²) in [5, 5.41) is 12.4. The van der Waals surface area contributed by atoms with Crippen LogP contribution in [0.1, 0.15) is 35.1 Å². The first-order valence-corrected chi connectivity index (χ1v) is 8.33. The van der Waals surface area contributed by atoms with Crippen molar-refractivity contribution < 1.29 is 0 Å². The van der Waals surface area contributed by atoms with Crippen molar-refractivity contribution in [3.05, 3.63) is 70.8 Å². The normalized spacial score (nSPS) is 14.7. The van der Waals surface area contributed by atoms with Crippen molar-refractivity contribution in [3.63, 3.8) is 0 Å². The highest BCUT2D eigenvalue weighted by molar-refractivity contribution is 5.32. The maximum atomic E-state index is 8.94. The van der Waals surface area contributed by atoms with Crippen molar-refractivity contribution in [3.8, 4) is 6.07 Å². The molecule has 0 radical (unpaired) electrons. The largest absolute Gasteiger partial charge is 0.309 e. The minimum absolute atomic E-state index is 0.719. The van der Waals surface area contributed by atoms with E-state index in [1.54, 1.807) is 0 Å². The minimum Gasteiger partial charge on any atom is -0.309 e. The molecule has 3 nitrogen and oxygen atoms in total. The molecular formula is C20H23N3. The van der Waals surface area contributed by atoms with Crippen LogP contribution in [0.4, 0.5) is 0 Å².